The van der Waals surface area contributed by atoms with Gasteiger partial charge in [0.25, 0.3) is 10.0 Å². The van der Waals surface area contributed by atoms with Gasteiger partial charge in [-0.05, 0) is 81.1 Å². The first-order valence-corrected chi connectivity index (χ1v) is 14.8. The lowest BCUT2D eigenvalue weighted by Crippen LogP contribution is -2.39. The normalized spacial score (nSPS) is 18.2. The first kappa shape index (κ1) is 25.3. The monoisotopic (exact) mass is 548 g/mol. The molecular weight excluding hydrogens is 516 g/mol. The molecule has 0 aliphatic carbocycles. The molecule has 2 fully saturated rings. The summed E-state index contributed by atoms with van der Waals surface area (Å²) in [6.45, 7) is 3.73. The predicted octanol–water partition coefficient (Wildman–Crippen LogP) is 3.45. The Morgan fingerprint density at radius 1 is 0.897 bits per heavy atom. The number of rotatable bonds is 8. The molecule has 1 atom stereocenters. The minimum Gasteiger partial charge on any atom is -0.350 e. The van der Waals surface area contributed by atoms with E-state index < -0.39 is 10.0 Å². The number of H-pyrrole nitrogens is 1. The summed E-state index contributed by atoms with van der Waals surface area (Å²) in [6.07, 6.45) is 7.29. The number of aromatic nitrogens is 5. The number of aromatic amines is 1. The zero-order chi connectivity index (χ0) is 26.7. The van der Waals surface area contributed by atoms with Crippen molar-refractivity contribution in [2.75, 3.05) is 46.4 Å². The molecule has 0 bridgehead atoms. The average Bonchev–Trinajstić information content (AvgIpc) is 3.42. The van der Waals surface area contributed by atoms with E-state index in [-0.39, 0.29) is 10.9 Å². The van der Waals surface area contributed by atoms with Gasteiger partial charge in [0, 0.05) is 36.7 Å². The molecule has 1 unspecified atom stereocenters. The van der Waals surface area contributed by atoms with Crippen LogP contribution in [0.1, 0.15) is 32.1 Å². The Labute approximate surface area is 227 Å². The zero-order valence-electron chi connectivity index (χ0n) is 21.5. The molecule has 0 radical (unpaired) electrons. The van der Waals surface area contributed by atoms with E-state index in [2.05, 4.69) is 40.8 Å². The van der Waals surface area contributed by atoms with Gasteiger partial charge in [-0.15, -0.1) is 0 Å². The molecule has 0 amide bonds. The molecular formula is C26H32N10O2S. The zero-order valence-corrected chi connectivity index (χ0v) is 22.3. The quantitative estimate of drug-likeness (QED) is 0.221. The number of nitrogens with zero attached hydrogens (tertiary/aromatic N) is 5. The van der Waals surface area contributed by atoms with Crippen LogP contribution in [0.15, 0.2) is 53.6 Å². The van der Waals surface area contributed by atoms with E-state index in [9.17, 15) is 8.42 Å². The molecule has 13 heteroatoms. The molecule has 2 saturated heterocycles. The lowest BCUT2D eigenvalue weighted by Gasteiger charge is -2.28. The molecule has 204 valence electrons. The molecule has 6 rings (SSSR count). The Kier molecular flexibility index (Phi) is 7.16. The third kappa shape index (κ3) is 6.04. The van der Waals surface area contributed by atoms with Crippen molar-refractivity contribution in [2.24, 2.45) is 0 Å². The van der Waals surface area contributed by atoms with Crippen LogP contribution in [-0.2, 0) is 10.0 Å². The lowest BCUT2D eigenvalue weighted by molar-refractivity contribution is 0.477. The SMILES string of the molecule is O=S(=O)(Nc1ccc2cn[nH]c2c1)c1ccc(Nc2nc(NC3CCCNC3)nc(N3CCCCC3)n2)cc1. The van der Waals surface area contributed by atoms with Crippen molar-refractivity contribution in [3.8, 4) is 0 Å². The van der Waals surface area contributed by atoms with Crippen molar-refractivity contribution in [3.63, 3.8) is 0 Å². The van der Waals surface area contributed by atoms with Gasteiger partial charge in [0.05, 0.1) is 22.3 Å². The first-order chi connectivity index (χ1) is 19.0. The van der Waals surface area contributed by atoms with Crippen LogP contribution in [0.4, 0.5) is 29.2 Å². The van der Waals surface area contributed by atoms with Crippen molar-refractivity contribution in [1.82, 2.24) is 30.5 Å². The van der Waals surface area contributed by atoms with Gasteiger partial charge in [0.1, 0.15) is 0 Å². The molecule has 5 N–H and O–H groups in total. The Bertz CT molecular complexity index is 1530. The van der Waals surface area contributed by atoms with Crippen molar-refractivity contribution in [3.05, 3.63) is 48.7 Å². The highest BCUT2D eigenvalue weighted by Gasteiger charge is 2.20. The largest absolute Gasteiger partial charge is 0.350 e. The van der Waals surface area contributed by atoms with Crippen molar-refractivity contribution >= 4 is 50.1 Å². The molecule has 2 aromatic heterocycles. The summed E-state index contributed by atoms with van der Waals surface area (Å²) in [5.74, 6) is 1.61. The number of sulfonamides is 1. The molecule has 12 nitrogen and oxygen atoms in total. The number of hydrogen-bond donors (Lipinski definition) is 5. The van der Waals surface area contributed by atoms with E-state index >= 15 is 0 Å². The molecule has 0 spiro atoms. The highest BCUT2D eigenvalue weighted by atomic mass is 32.2. The molecule has 4 aromatic rings. The molecule has 2 aliphatic rings. The third-order valence-corrected chi connectivity index (χ3v) is 8.40. The van der Waals surface area contributed by atoms with Gasteiger partial charge in [-0.3, -0.25) is 9.82 Å². The van der Waals surface area contributed by atoms with Crippen LogP contribution in [-0.4, -0.2) is 65.8 Å². The van der Waals surface area contributed by atoms with Crippen molar-refractivity contribution in [1.29, 1.82) is 0 Å². The minimum absolute atomic E-state index is 0.148. The number of nitrogens with one attached hydrogen (secondary N) is 5. The average molecular weight is 549 g/mol. The fourth-order valence-corrected chi connectivity index (χ4v) is 5.99. The summed E-state index contributed by atoms with van der Waals surface area (Å²) in [4.78, 5) is 16.4. The van der Waals surface area contributed by atoms with Gasteiger partial charge < -0.3 is 20.9 Å². The van der Waals surface area contributed by atoms with Gasteiger partial charge in [-0.1, -0.05) is 0 Å². The second kappa shape index (κ2) is 11.0. The highest BCUT2D eigenvalue weighted by Crippen LogP contribution is 2.24. The van der Waals surface area contributed by atoms with E-state index in [4.69, 9.17) is 9.97 Å². The predicted molar refractivity (Wildman–Crippen MR) is 152 cm³/mol. The van der Waals surface area contributed by atoms with Gasteiger partial charge in [-0.2, -0.15) is 20.1 Å². The number of benzene rings is 2. The van der Waals surface area contributed by atoms with Crippen LogP contribution >= 0.6 is 0 Å². The van der Waals surface area contributed by atoms with E-state index in [1.165, 1.54) is 6.42 Å². The third-order valence-electron chi connectivity index (χ3n) is 7.01. The van der Waals surface area contributed by atoms with E-state index in [0.29, 0.717) is 29.2 Å². The number of anilines is 5. The van der Waals surface area contributed by atoms with Crippen LogP contribution in [0, 0.1) is 0 Å². The summed E-state index contributed by atoms with van der Waals surface area (Å²) >= 11 is 0. The standard InChI is InChI=1S/C26H32N10O2S/c37-39(38,35-20-7-6-18-16-28-34-23(18)15-20)22-10-8-19(9-11-22)29-24-31-25(30-21-5-4-12-27-17-21)33-26(32-24)36-13-2-1-3-14-36/h6-11,15-16,21,27,35H,1-5,12-14,17H2,(H,28,34)(H2,29,30,31,32,33). The van der Waals surface area contributed by atoms with E-state index in [1.54, 1.807) is 42.6 Å². The van der Waals surface area contributed by atoms with E-state index in [1.807, 2.05) is 6.07 Å². The van der Waals surface area contributed by atoms with Gasteiger partial charge >= 0.3 is 0 Å². The molecule has 39 heavy (non-hydrogen) atoms. The van der Waals surface area contributed by atoms with Gasteiger partial charge in [0.2, 0.25) is 17.8 Å². The van der Waals surface area contributed by atoms with Crippen molar-refractivity contribution < 1.29 is 8.42 Å². The Hall–Kier alpha value is -3.97. The second-order valence-corrected chi connectivity index (χ2v) is 11.6. The maximum absolute atomic E-state index is 13.0. The molecule has 2 aliphatic heterocycles. The molecule has 4 heterocycles. The highest BCUT2D eigenvalue weighted by molar-refractivity contribution is 7.92. The maximum atomic E-state index is 13.0. The number of fused-ring (bicyclic) bond motifs is 1. The van der Waals surface area contributed by atoms with Crippen LogP contribution in [0.25, 0.3) is 10.9 Å². The van der Waals surface area contributed by atoms with E-state index in [0.717, 1.165) is 62.8 Å². The van der Waals surface area contributed by atoms with Crippen LogP contribution in [0.2, 0.25) is 0 Å². The Balaban J connectivity index is 1.19. The molecule has 2 aromatic carbocycles. The van der Waals surface area contributed by atoms with Crippen LogP contribution in [0.5, 0.6) is 0 Å². The Morgan fingerprint density at radius 3 is 2.49 bits per heavy atom. The van der Waals surface area contributed by atoms with Gasteiger partial charge in [-0.25, -0.2) is 8.42 Å². The fourth-order valence-electron chi connectivity index (χ4n) is 4.94. The lowest BCUT2D eigenvalue weighted by atomic mass is 10.1. The van der Waals surface area contributed by atoms with Crippen LogP contribution < -0.4 is 25.6 Å². The summed E-state index contributed by atoms with van der Waals surface area (Å²) < 4.78 is 28.6. The maximum Gasteiger partial charge on any atom is 0.261 e. The number of hydrogen-bond acceptors (Lipinski definition) is 10. The smallest absolute Gasteiger partial charge is 0.261 e. The number of piperidine rings is 2. The second-order valence-electron chi connectivity index (χ2n) is 9.94. The summed E-state index contributed by atoms with van der Waals surface area (Å²) in [5, 5.41) is 17.8. The summed E-state index contributed by atoms with van der Waals surface area (Å²) in [6, 6.07) is 12.0. The molecule has 0 saturated carbocycles. The van der Waals surface area contributed by atoms with Crippen molar-refractivity contribution in [2.45, 2.75) is 43.0 Å². The van der Waals surface area contributed by atoms with Gasteiger partial charge in [0.15, 0.2) is 0 Å². The topological polar surface area (TPSA) is 153 Å². The minimum atomic E-state index is -3.77. The summed E-state index contributed by atoms with van der Waals surface area (Å²) in [7, 11) is -3.77. The van der Waals surface area contributed by atoms with Crippen LogP contribution in [0.3, 0.4) is 0 Å². The Morgan fingerprint density at radius 2 is 1.69 bits per heavy atom. The fraction of sp³-hybridized carbons (Fsp3) is 0.385. The summed E-state index contributed by atoms with van der Waals surface area (Å²) in [5.41, 5.74) is 1.89. The first-order valence-electron chi connectivity index (χ1n) is 13.3.